The van der Waals surface area contributed by atoms with Crippen molar-refractivity contribution in [2.75, 3.05) is 13.6 Å². The van der Waals surface area contributed by atoms with Gasteiger partial charge in [0.25, 0.3) is 0 Å². The zero-order valence-electron chi connectivity index (χ0n) is 12.6. The molecule has 0 bridgehead atoms. The summed E-state index contributed by atoms with van der Waals surface area (Å²) in [4.78, 5) is 13.7. The Labute approximate surface area is 125 Å². The molecule has 1 amide bonds. The molecule has 0 spiro atoms. The molecule has 114 valence electrons. The molecule has 1 saturated carbocycles. The van der Waals surface area contributed by atoms with Gasteiger partial charge in [-0.3, -0.25) is 4.79 Å². The largest absolute Gasteiger partial charge is 0.388 e. The van der Waals surface area contributed by atoms with Crippen LogP contribution >= 0.6 is 0 Å². The van der Waals surface area contributed by atoms with Gasteiger partial charge < -0.3 is 10.0 Å². The third kappa shape index (κ3) is 4.14. The van der Waals surface area contributed by atoms with Gasteiger partial charge in [-0.2, -0.15) is 0 Å². The zero-order valence-corrected chi connectivity index (χ0v) is 12.6. The summed E-state index contributed by atoms with van der Waals surface area (Å²) in [5.41, 5.74) is 0.659. The molecule has 0 heterocycles. The van der Waals surface area contributed by atoms with E-state index in [-0.39, 0.29) is 11.7 Å². The number of likely N-dealkylation sites (N-methyl/N-ethyl adjacent to an activating group) is 1. The number of halogens is 1. The molecule has 0 aliphatic heterocycles. The molecule has 0 unspecified atom stereocenters. The highest BCUT2D eigenvalue weighted by Gasteiger charge is 2.33. The van der Waals surface area contributed by atoms with Crippen molar-refractivity contribution in [3.8, 4) is 0 Å². The lowest BCUT2D eigenvalue weighted by Gasteiger charge is -2.28. The molecule has 2 rings (SSSR count). The molecule has 1 aliphatic rings. The molecule has 1 aromatic carbocycles. The fourth-order valence-electron chi connectivity index (χ4n) is 2.82. The third-order valence-electron chi connectivity index (χ3n) is 4.06. The number of hydrogen-bond acceptors (Lipinski definition) is 2. The number of hydrogen-bond donors (Lipinski definition) is 1. The Bertz CT molecular complexity index is 547. The predicted molar refractivity (Wildman–Crippen MR) is 81.1 cm³/mol. The second-order valence-electron chi connectivity index (χ2n) is 5.96. The summed E-state index contributed by atoms with van der Waals surface area (Å²) in [6.45, 7) is 2.13. The minimum atomic E-state index is -0.745. The van der Waals surface area contributed by atoms with Gasteiger partial charge in [-0.25, -0.2) is 4.39 Å². The predicted octanol–water partition coefficient (Wildman–Crippen LogP) is 2.99. The highest BCUT2D eigenvalue weighted by Crippen LogP contribution is 2.30. The highest BCUT2D eigenvalue weighted by molar-refractivity contribution is 5.94. The summed E-state index contributed by atoms with van der Waals surface area (Å²) in [5.74, 6) is -0.488. The Hall–Kier alpha value is -1.68. The van der Waals surface area contributed by atoms with E-state index in [2.05, 4.69) is 0 Å². The Morgan fingerprint density at radius 3 is 2.71 bits per heavy atom. The van der Waals surface area contributed by atoms with E-state index in [1.807, 2.05) is 0 Å². The van der Waals surface area contributed by atoms with Crippen LogP contribution in [0, 0.1) is 5.82 Å². The monoisotopic (exact) mass is 291 g/mol. The van der Waals surface area contributed by atoms with Crippen LogP contribution in [0.2, 0.25) is 0 Å². The average Bonchev–Trinajstić information content (AvgIpc) is 2.85. The summed E-state index contributed by atoms with van der Waals surface area (Å²) >= 11 is 0. The number of nitrogens with zero attached hydrogens (tertiary/aromatic N) is 1. The second-order valence-corrected chi connectivity index (χ2v) is 5.96. The maximum absolute atomic E-state index is 13.2. The quantitative estimate of drug-likeness (QED) is 0.866. The van der Waals surface area contributed by atoms with Crippen LogP contribution in [-0.4, -0.2) is 35.1 Å². The van der Waals surface area contributed by atoms with Gasteiger partial charge in [-0.1, -0.05) is 25.0 Å². The van der Waals surface area contributed by atoms with Crippen LogP contribution in [0.1, 0.15) is 38.2 Å². The van der Waals surface area contributed by atoms with Crippen LogP contribution in [0.25, 0.3) is 5.57 Å². The lowest BCUT2D eigenvalue weighted by atomic mass is 10.0. The Balaban J connectivity index is 2.03. The molecule has 0 radical (unpaired) electrons. The van der Waals surface area contributed by atoms with Crippen LogP contribution in [-0.2, 0) is 4.79 Å². The first-order valence-corrected chi connectivity index (χ1v) is 7.31. The van der Waals surface area contributed by atoms with Crippen LogP contribution in [0.5, 0.6) is 0 Å². The smallest absolute Gasteiger partial charge is 0.246 e. The van der Waals surface area contributed by atoms with Crippen molar-refractivity contribution < 1.29 is 14.3 Å². The molecule has 0 aromatic heterocycles. The fraction of sp³-hybridized carbons (Fsp3) is 0.471. The number of amides is 1. The SMILES string of the molecule is C/C(=C/C(=O)N(C)CC1(O)CCCC1)c1cccc(F)c1. The summed E-state index contributed by atoms with van der Waals surface area (Å²) in [7, 11) is 1.69. The maximum atomic E-state index is 13.2. The highest BCUT2D eigenvalue weighted by atomic mass is 19.1. The van der Waals surface area contributed by atoms with Crippen LogP contribution in [0.4, 0.5) is 4.39 Å². The summed E-state index contributed by atoms with van der Waals surface area (Å²) in [6.07, 6.45) is 5.01. The van der Waals surface area contributed by atoms with Gasteiger partial charge >= 0.3 is 0 Å². The number of benzene rings is 1. The summed E-state index contributed by atoms with van der Waals surface area (Å²) < 4.78 is 13.2. The van der Waals surface area contributed by atoms with Crippen molar-refractivity contribution in [3.63, 3.8) is 0 Å². The number of aliphatic hydroxyl groups is 1. The van der Waals surface area contributed by atoms with Gasteiger partial charge in [-0.05, 0) is 43.0 Å². The topological polar surface area (TPSA) is 40.5 Å². The number of carbonyl (C=O) groups excluding carboxylic acids is 1. The standard InChI is InChI=1S/C17H22FNO2/c1-13(14-6-5-7-15(18)11-14)10-16(20)19(2)12-17(21)8-3-4-9-17/h5-7,10-11,21H,3-4,8-9,12H2,1-2H3/b13-10-. The van der Waals surface area contributed by atoms with Gasteiger partial charge in [0.05, 0.1) is 5.60 Å². The minimum absolute atomic E-state index is 0.169. The minimum Gasteiger partial charge on any atom is -0.388 e. The Kier molecular flexibility index (Phi) is 4.78. The number of rotatable bonds is 4. The number of allylic oxidation sites excluding steroid dienone is 1. The van der Waals surface area contributed by atoms with Crippen molar-refractivity contribution >= 4 is 11.5 Å². The van der Waals surface area contributed by atoms with Crippen LogP contribution < -0.4 is 0 Å². The Morgan fingerprint density at radius 2 is 2.10 bits per heavy atom. The summed E-state index contributed by atoms with van der Waals surface area (Å²) in [5, 5.41) is 10.3. The first kappa shape index (κ1) is 15.7. The molecule has 21 heavy (non-hydrogen) atoms. The fourth-order valence-corrected chi connectivity index (χ4v) is 2.82. The van der Waals surface area contributed by atoms with Gasteiger partial charge in [0, 0.05) is 19.7 Å². The van der Waals surface area contributed by atoms with Gasteiger partial charge in [0.1, 0.15) is 5.82 Å². The molecule has 1 aliphatic carbocycles. The van der Waals surface area contributed by atoms with E-state index in [9.17, 15) is 14.3 Å². The first-order chi connectivity index (χ1) is 9.89. The maximum Gasteiger partial charge on any atom is 0.246 e. The van der Waals surface area contributed by atoms with Gasteiger partial charge in [0.15, 0.2) is 0 Å². The van der Waals surface area contributed by atoms with E-state index in [1.165, 1.54) is 23.1 Å². The normalized spacial score (nSPS) is 17.8. The average molecular weight is 291 g/mol. The van der Waals surface area contributed by atoms with E-state index < -0.39 is 5.60 Å². The molecular weight excluding hydrogens is 269 g/mol. The van der Waals surface area contributed by atoms with E-state index in [0.717, 1.165) is 25.7 Å². The van der Waals surface area contributed by atoms with E-state index in [0.29, 0.717) is 17.7 Å². The molecule has 0 saturated heterocycles. The first-order valence-electron chi connectivity index (χ1n) is 7.31. The second kappa shape index (κ2) is 6.39. The molecule has 3 nitrogen and oxygen atoms in total. The third-order valence-corrected chi connectivity index (χ3v) is 4.06. The van der Waals surface area contributed by atoms with Crippen LogP contribution in [0.15, 0.2) is 30.3 Å². The van der Waals surface area contributed by atoms with E-state index in [4.69, 9.17) is 0 Å². The van der Waals surface area contributed by atoms with Crippen molar-refractivity contribution in [2.45, 2.75) is 38.2 Å². The molecular formula is C17H22FNO2. The molecule has 4 heteroatoms. The lowest BCUT2D eigenvalue weighted by molar-refractivity contribution is -0.127. The molecule has 1 fully saturated rings. The van der Waals surface area contributed by atoms with Gasteiger partial charge in [0.2, 0.25) is 5.91 Å². The zero-order chi connectivity index (χ0) is 15.5. The van der Waals surface area contributed by atoms with Crippen molar-refractivity contribution in [3.05, 3.63) is 41.7 Å². The van der Waals surface area contributed by atoms with Crippen LogP contribution in [0.3, 0.4) is 0 Å². The summed E-state index contributed by atoms with van der Waals surface area (Å²) in [6, 6.07) is 6.17. The lowest BCUT2D eigenvalue weighted by Crippen LogP contribution is -2.41. The van der Waals surface area contributed by atoms with Crippen molar-refractivity contribution in [1.29, 1.82) is 0 Å². The Morgan fingerprint density at radius 1 is 1.43 bits per heavy atom. The molecule has 0 atom stereocenters. The molecule has 1 N–H and O–H groups in total. The molecule has 1 aromatic rings. The van der Waals surface area contributed by atoms with E-state index in [1.54, 1.807) is 26.1 Å². The van der Waals surface area contributed by atoms with Crippen molar-refractivity contribution in [2.24, 2.45) is 0 Å². The van der Waals surface area contributed by atoms with Crippen molar-refractivity contribution in [1.82, 2.24) is 4.90 Å². The van der Waals surface area contributed by atoms with Gasteiger partial charge in [-0.15, -0.1) is 0 Å². The number of carbonyl (C=O) groups is 1. The van der Waals surface area contributed by atoms with E-state index >= 15 is 0 Å².